The lowest BCUT2D eigenvalue weighted by atomic mass is 10.2. The molecule has 0 aromatic heterocycles. The minimum Gasteiger partial charge on any atom is -0.383 e. The second-order valence-corrected chi connectivity index (χ2v) is 5.04. The molecule has 0 fully saturated rings. The molecule has 0 heterocycles. The van der Waals surface area contributed by atoms with E-state index in [9.17, 15) is 0 Å². The van der Waals surface area contributed by atoms with E-state index in [1.54, 1.807) is 0 Å². The normalized spacial score (nSPS) is 10.7. The molecular weight excluding hydrogens is 256 g/mol. The molecule has 1 N–H and O–H groups in total. The maximum absolute atomic E-state index is 6.09. The molecular formula is C16H19ClN2. The van der Waals surface area contributed by atoms with Crippen LogP contribution in [0, 0.1) is 0 Å². The van der Waals surface area contributed by atoms with E-state index in [0.29, 0.717) is 0 Å². The molecule has 0 aliphatic carbocycles. The molecule has 0 aliphatic heterocycles. The van der Waals surface area contributed by atoms with Crippen LogP contribution in [0.25, 0.3) is 0 Å². The van der Waals surface area contributed by atoms with Gasteiger partial charge < -0.3 is 10.2 Å². The Morgan fingerprint density at radius 2 is 1.68 bits per heavy atom. The third-order valence-corrected chi connectivity index (χ3v) is 3.31. The number of likely N-dealkylation sites (N-methyl/N-ethyl adjacent to an activating group) is 1. The van der Waals surface area contributed by atoms with Gasteiger partial charge >= 0.3 is 0 Å². The first-order chi connectivity index (χ1) is 9.25. The number of anilines is 1. The standard InChI is InChI=1S/C16H19ClN2/c1-19(13-14-7-3-2-4-8-14)12-11-18-16-10-6-5-9-15(16)17/h2-10,18H,11-13H2,1H3. The van der Waals surface area contributed by atoms with Crippen molar-refractivity contribution >= 4 is 17.3 Å². The van der Waals surface area contributed by atoms with Gasteiger partial charge in [-0.15, -0.1) is 0 Å². The average molecular weight is 275 g/mol. The summed E-state index contributed by atoms with van der Waals surface area (Å²) in [5.41, 5.74) is 2.33. The Kier molecular flexibility index (Phi) is 5.25. The number of benzene rings is 2. The van der Waals surface area contributed by atoms with Crippen molar-refractivity contribution in [3.05, 3.63) is 65.2 Å². The number of hydrogen-bond acceptors (Lipinski definition) is 2. The van der Waals surface area contributed by atoms with E-state index in [0.717, 1.165) is 30.3 Å². The minimum absolute atomic E-state index is 0.771. The van der Waals surface area contributed by atoms with Crippen molar-refractivity contribution in [2.75, 3.05) is 25.5 Å². The summed E-state index contributed by atoms with van der Waals surface area (Å²) in [6.07, 6.45) is 0. The van der Waals surface area contributed by atoms with Gasteiger partial charge in [-0.25, -0.2) is 0 Å². The van der Waals surface area contributed by atoms with E-state index in [1.165, 1.54) is 5.56 Å². The van der Waals surface area contributed by atoms with E-state index in [2.05, 4.69) is 41.5 Å². The minimum atomic E-state index is 0.771. The van der Waals surface area contributed by atoms with Gasteiger partial charge in [0.25, 0.3) is 0 Å². The zero-order valence-corrected chi connectivity index (χ0v) is 11.9. The van der Waals surface area contributed by atoms with Crippen LogP contribution in [0.4, 0.5) is 5.69 Å². The highest BCUT2D eigenvalue weighted by atomic mass is 35.5. The maximum Gasteiger partial charge on any atom is 0.0637 e. The van der Waals surface area contributed by atoms with Crippen LogP contribution in [0.15, 0.2) is 54.6 Å². The quantitative estimate of drug-likeness (QED) is 0.860. The fraction of sp³-hybridized carbons (Fsp3) is 0.250. The number of rotatable bonds is 6. The molecule has 3 heteroatoms. The van der Waals surface area contributed by atoms with Crippen molar-refractivity contribution < 1.29 is 0 Å². The molecule has 100 valence electrons. The van der Waals surface area contributed by atoms with Crippen molar-refractivity contribution in [2.45, 2.75) is 6.54 Å². The molecule has 2 nitrogen and oxygen atoms in total. The number of nitrogens with one attached hydrogen (secondary N) is 1. The fourth-order valence-electron chi connectivity index (χ4n) is 1.96. The molecule has 2 aromatic carbocycles. The second-order valence-electron chi connectivity index (χ2n) is 4.63. The van der Waals surface area contributed by atoms with E-state index < -0.39 is 0 Å². The fourth-order valence-corrected chi connectivity index (χ4v) is 2.16. The first kappa shape index (κ1) is 13.9. The molecule has 0 bridgehead atoms. The lowest BCUT2D eigenvalue weighted by Gasteiger charge is -2.17. The molecule has 19 heavy (non-hydrogen) atoms. The highest BCUT2D eigenvalue weighted by Gasteiger charge is 2.01. The molecule has 0 saturated carbocycles. The summed E-state index contributed by atoms with van der Waals surface area (Å²) in [5, 5.41) is 4.13. The molecule has 0 saturated heterocycles. The molecule has 0 unspecified atom stereocenters. The summed E-state index contributed by atoms with van der Waals surface area (Å²) in [6, 6.07) is 18.3. The first-order valence-electron chi connectivity index (χ1n) is 6.46. The van der Waals surface area contributed by atoms with Crippen LogP contribution in [0.2, 0.25) is 5.02 Å². The molecule has 0 radical (unpaired) electrons. The lowest BCUT2D eigenvalue weighted by Crippen LogP contribution is -2.24. The summed E-state index contributed by atoms with van der Waals surface area (Å²) >= 11 is 6.09. The van der Waals surface area contributed by atoms with Gasteiger partial charge in [-0.2, -0.15) is 0 Å². The van der Waals surface area contributed by atoms with Crippen LogP contribution in [0.5, 0.6) is 0 Å². The van der Waals surface area contributed by atoms with Gasteiger partial charge in [0.15, 0.2) is 0 Å². The first-order valence-corrected chi connectivity index (χ1v) is 6.84. The van der Waals surface area contributed by atoms with Crippen molar-refractivity contribution in [3.63, 3.8) is 0 Å². The van der Waals surface area contributed by atoms with Crippen LogP contribution < -0.4 is 5.32 Å². The topological polar surface area (TPSA) is 15.3 Å². The van der Waals surface area contributed by atoms with Crippen molar-refractivity contribution in [1.29, 1.82) is 0 Å². The third-order valence-electron chi connectivity index (χ3n) is 2.98. The Hall–Kier alpha value is -1.51. The Bertz CT molecular complexity index is 499. The van der Waals surface area contributed by atoms with E-state index in [4.69, 9.17) is 11.6 Å². The Morgan fingerprint density at radius 1 is 1.00 bits per heavy atom. The van der Waals surface area contributed by atoms with Crippen LogP contribution in [-0.2, 0) is 6.54 Å². The molecule has 0 amide bonds. The number of hydrogen-bond donors (Lipinski definition) is 1. The molecule has 2 rings (SSSR count). The maximum atomic E-state index is 6.09. The van der Waals surface area contributed by atoms with Gasteiger partial charge in [-0.3, -0.25) is 0 Å². The second kappa shape index (κ2) is 7.17. The summed E-state index contributed by atoms with van der Waals surface area (Å²) in [4.78, 5) is 2.29. The SMILES string of the molecule is CN(CCNc1ccccc1Cl)Cc1ccccc1. The van der Waals surface area contributed by atoms with Crippen molar-refractivity contribution in [2.24, 2.45) is 0 Å². The van der Waals surface area contributed by atoms with Crippen LogP contribution in [0.1, 0.15) is 5.56 Å². The molecule has 0 spiro atoms. The smallest absolute Gasteiger partial charge is 0.0637 e. The number of nitrogens with zero attached hydrogens (tertiary/aromatic N) is 1. The Labute approximate surface area is 120 Å². The summed E-state index contributed by atoms with van der Waals surface area (Å²) in [7, 11) is 2.13. The largest absolute Gasteiger partial charge is 0.383 e. The van der Waals surface area contributed by atoms with Crippen molar-refractivity contribution in [3.8, 4) is 0 Å². The highest BCUT2D eigenvalue weighted by molar-refractivity contribution is 6.33. The predicted molar refractivity (Wildman–Crippen MR) is 82.7 cm³/mol. The predicted octanol–water partition coefficient (Wildman–Crippen LogP) is 3.88. The molecule has 2 aromatic rings. The summed E-state index contributed by atoms with van der Waals surface area (Å²) in [5.74, 6) is 0. The zero-order valence-electron chi connectivity index (χ0n) is 11.1. The molecule has 0 atom stereocenters. The Morgan fingerprint density at radius 3 is 2.42 bits per heavy atom. The van der Waals surface area contributed by atoms with Crippen LogP contribution in [0.3, 0.4) is 0 Å². The van der Waals surface area contributed by atoms with Crippen LogP contribution in [-0.4, -0.2) is 25.0 Å². The van der Waals surface area contributed by atoms with Gasteiger partial charge in [0.2, 0.25) is 0 Å². The van der Waals surface area contributed by atoms with Gasteiger partial charge in [-0.05, 0) is 24.7 Å². The molecule has 0 aliphatic rings. The lowest BCUT2D eigenvalue weighted by molar-refractivity contribution is 0.340. The van der Waals surface area contributed by atoms with E-state index in [1.807, 2.05) is 30.3 Å². The van der Waals surface area contributed by atoms with E-state index in [-0.39, 0.29) is 0 Å². The number of halogens is 1. The van der Waals surface area contributed by atoms with Crippen LogP contribution >= 0.6 is 11.6 Å². The monoisotopic (exact) mass is 274 g/mol. The summed E-state index contributed by atoms with van der Waals surface area (Å²) < 4.78 is 0. The van der Waals surface area contributed by atoms with Gasteiger partial charge in [0.05, 0.1) is 10.7 Å². The van der Waals surface area contributed by atoms with Gasteiger partial charge in [-0.1, -0.05) is 54.1 Å². The zero-order chi connectivity index (χ0) is 13.5. The third kappa shape index (κ3) is 4.58. The summed E-state index contributed by atoms with van der Waals surface area (Å²) in [6.45, 7) is 2.82. The average Bonchev–Trinajstić information content (AvgIpc) is 2.42. The van der Waals surface area contributed by atoms with E-state index >= 15 is 0 Å². The van der Waals surface area contributed by atoms with Gasteiger partial charge in [0.1, 0.15) is 0 Å². The van der Waals surface area contributed by atoms with Crippen molar-refractivity contribution in [1.82, 2.24) is 4.90 Å². The van der Waals surface area contributed by atoms with Gasteiger partial charge in [0, 0.05) is 19.6 Å². The number of para-hydroxylation sites is 1. The Balaban J connectivity index is 1.75. The highest BCUT2D eigenvalue weighted by Crippen LogP contribution is 2.19.